The molecule has 14 heavy (non-hydrogen) atoms. The summed E-state index contributed by atoms with van der Waals surface area (Å²) >= 11 is 0. The fourth-order valence-electron chi connectivity index (χ4n) is 2.05. The molecule has 0 amide bonds. The van der Waals surface area contributed by atoms with Gasteiger partial charge < -0.3 is 5.32 Å². The Balaban J connectivity index is 3.33. The van der Waals surface area contributed by atoms with Crippen LogP contribution in [-0.4, -0.2) is 7.05 Å². The zero-order chi connectivity index (χ0) is 10.7. The Kier molecular flexibility index (Phi) is 3.56. The quantitative estimate of drug-likeness (QED) is 0.767. The van der Waals surface area contributed by atoms with Gasteiger partial charge in [0, 0.05) is 12.7 Å². The van der Waals surface area contributed by atoms with Crippen molar-refractivity contribution in [3.8, 4) is 0 Å². The minimum atomic E-state index is 0.609. The van der Waals surface area contributed by atoms with Gasteiger partial charge in [0.1, 0.15) is 0 Å². The highest BCUT2D eigenvalue weighted by Crippen LogP contribution is 2.29. The molecule has 78 valence electrons. The van der Waals surface area contributed by atoms with Gasteiger partial charge in [-0.05, 0) is 36.0 Å². The molecule has 1 aromatic carbocycles. The molecule has 0 atom stereocenters. The zero-order valence-electron chi connectivity index (χ0n) is 9.94. The third-order valence-corrected chi connectivity index (χ3v) is 2.78. The minimum absolute atomic E-state index is 0.609. The highest BCUT2D eigenvalue weighted by atomic mass is 14.8. The first-order valence-corrected chi connectivity index (χ1v) is 5.41. The topological polar surface area (TPSA) is 12.0 Å². The predicted octanol–water partition coefficient (Wildman–Crippen LogP) is 3.72. The van der Waals surface area contributed by atoms with E-state index in [2.05, 4.69) is 45.1 Å². The summed E-state index contributed by atoms with van der Waals surface area (Å²) in [7, 11) is 2.01. The van der Waals surface area contributed by atoms with Crippen molar-refractivity contribution in [2.75, 3.05) is 12.4 Å². The smallest absolute Gasteiger partial charge is 0.0402 e. The van der Waals surface area contributed by atoms with Crippen molar-refractivity contribution < 1.29 is 0 Å². The first-order chi connectivity index (χ1) is 6.61. The summed E-state index contributed by atoms with van der Waals surface area (Å²) in [6.45, 7) is 8.89. The van der Waals surface area contributed by atoms with Gasteiger partial charge in [0.15, 0.2) is 0 Å². The van der Waals surface area contributed by atoms with Gasteiger partial charge in [0.25, 0.3) is 0 Å². The van der Waals surface area contributed by atoms with Crippen LogP contribution in [0.3, 0.4) is 0 Å². The largest absolute Gasteiger partial charge is 0.388 e. The van der Waals surface area contributed by atoms with Crippen molar-refractivity contribution in [1.82, 2.24) is 0 Å². The summed E-state index contributed by atoms with van der Waals surface area (Å²) in [4.78, 5) is 0. The van der Waals surface area contributed by atoms with Gasteiger partial charge in [-0.2, -0.15) is 0 Å². The maximum absolute atomic E-state index is 3.31. The molecular weight excluding hydrogens is 170 g/mol. The molecule has 0 fully saturated rings. The van der Waals surface area contributed by atoms with Crippen molar-refractivity contribution in [2.24, 2.45) is 0 Å². The van der Waals surface area contributed by atoms with Crippen molar-refractivity contribution in [3.63, 3.8) is 0 Å². The number of benzene rings is 1. The number of aryl methyl sites for hydroxylation is 1. The van der Waals surface area contributed by atoms with Crippen LogP contribution in [0, 0.1) is 6.92 Å². The van der Waals surface area contributed by atoms with Crippen LogP contribution in [0.1, 0.15) is 43.4 Å². The highest BCUT2D eigenvalue weighted by Gasteiger charge is 2.10. The molecule has 0 bridgehead atoms. The Morgan fingerprint density at radius 1 is 1.29 bits per heavy atom. The summed E-state index contributed by atoms with van der Waals surface area (Å²) in [6, 6.07) is 4.47. The molecule has 0 unspecified atom stereocenters. The van der Waals surface area contributed by atoms with E-state index in [1.807, 2.05) is 7.05 Å². The van der Waals surface area contributed by atoms with Crippen LogP contribution in [0.5, 0.6) is 0 Å². The molecule has 1 rings (SSSR count). The molecule has 1 aromatic rings. The Bertz CT molecular complexity index is 313. The van der Waals surface area contributed by atoms with Crippen LogP contribution in [0.4, 0.5) is 5.69 Å². The predicted molar refractivity (Wildman–Crippen MR) is 64.2 cm³/mol. The fourth-order valence-corrected chi connectivity index (χ4v) is 2.05. The fraction of sp³-hybridized carbons (Fsp3) is 0.538. The number of rotatable bonds is 3. The summed E-state index contributed by atoms with van der Waals surface area (Å²) in [6.07, 6.45) is 1.10. The van der Waals surface area contributed by atoms with E-state index in [0.29, 0.717) is 5.92 Å². The molecule has 1 nitrogen and oxygen atoms in total. The SMILES string of the molecule is CCc1c(C(C)C)ccc(C)c1NC. The standard InChI is InChI=1S/C13H21N/c1-6-11-12(9(2)3)8-7-10(4)13(11)14-5/h7-9,14H,6H2,1-5H3. The van der Waals surface area contributed by atoms with E-state index >= 15 is 0 Å². The Morgan fingerprint density at radius 2 is 1.93 bits per heavy atom. The zero-order valence-corrected chi connectivity index (χ0v) is 9.94. The number of anilines is 1. The second-order valence-electron chi connectivity index (χ2n) is 4.08. The molecule has 0 saturated carbocycles. The number of nitrogens with one attached hydrogen (secondary N) is 1. The summed E-state index contributed by atoms with van der Waals surface area (Å²) in [5.74, 6) is 0.609. The van der Waals surface area contributed by atoms with Crippen molar-refractivity contribution in [3.05, 3.63) is 28.8 Å². The van der Waals surface area contributed by atoms with Gasteiger partial charge in [-0.15, -0.1) is 0 Å². The molecular formula is C13H21N. The lowest BCUT2D eigenvalue weighted by molar-refractivity contribution is 0.844. The third kappa shape index (κ3) is 1.92. The van der Waals surface area contributed by atoms with Gasteiger partial charge in [-0.1, -0.05) is 32.9 Å². The summed E-state index contributed by atoms with van der Waals surface area (Å²) in [5, 5.41) is 3.31. The third-order valence-electron chi connectivity index (χ3n) is 2.78. The molecule has 0 aliphatic carbocycles. The van der Waals surface area contributed by atoms with Crippen LogP contribution in [0.2, 0.25) is 0 Å². The van der Waals surface area contributed by atoms with Crippen LogP contribution in [0.15, 0.2) is 12.1 Å². The van der Waals surface area contributed by atoms with Crippen molar-refractivity contribution in [1.29, 1.82) is 0 Å². The molecule has 0 radical (unpaired) electrons. The maximum Gasteiger partial charge on any atom is 0.0402 e. The normalized spacial score (nSPS) is 10.7. The van der Waals surface area contributed by atoms with Gasteiger partial charge in [0.2, 0.25) is 0 Å². The van der Waals surface area contributed by atoms with Crippen molar-refractivity contribution >= 4 is 5.69 Å². The maximum atomic E-state index is 3.31. The summed E-state index contributed by atoms with van der Waals surface area (Å²) < 4.78 is 0. The Labute approximate surface area is 87.5 Å². The van der Waals surface area contributed by atoms with E-state index in [0.717, 1.165) is 6.42 Å². The van der Waals surface area contributed by atoms with E-state index in [-0.39, 0.29) is 0 Å². The van der Waals surface area contributed by atoms with E-state index in [4.69, 9.17) is 0 Å². The molecule has 1 heteroatoms. The molecule has 1 N–H and O–H groups in total. The van der Waals surface area contributed by atoms with Gasteiger partial charge in [-0.25, -0.2) is 0 Å². The summed E-state index contributed by atoms with van der Waals surface area (Å²) in [5.41, 5.74) is 5.61. The van der Waals surface area contributed by atoms with Crippen molar-refractivity contribution in [2.45, 2.75) is 40.0 Å². The van der Waals surface area contributed by atoms with E-state index in [1.54, 1.807) is 0 Å². The molecule has 0 spiro atoms. The average Bonchev–Trinajstić information content (AvgIpc) is 2.16. The molecule has 0 saturated heterocycles. The second kappa shape index (κ2) is 4.50. The molecule has 0 heterocycles. The van der Waals surface area contributed by atoms with Crippen LogP contribution >= 0.6 is 0 Å². The van der Waals surface area contributed by atoms with E-state index < -0.39 is 0 Å². The number of hydrogen-bond donors (Lipinski definition) is 1. The van der Waals surface area contributed by atoms with Crippen LogP contribution in [-0.2, 0) is 6.42 Å². The lowest BCUT2D eigenvalue weighted by Gasteiger charge is -2.18. The van der Waals surface area contributed by atoms with Gasteiger partial charge in [0.05, 0.1) is 0 Å². The first-order valence-electron chi connectivity index (χ1n) is 5.41. The van der Waals surface area contributed by atoms with Gasteiger partial charge in [-0.3, -0.25) is 0 Å². The first kappa shape index (κ1) is 11.1. The Morgan fingerprint density at radius 3 is 2.36 bits per heavy atom. The minimum Gasteiger partial charge on any atom is -0.388 e. The monoisotopic (exact) mass is 191 g/mol. The lowest BCUT2D eigenvalue weighted by Crippen LogP contribution is -2.03. The van der Waals surface area contributed by atoms with E-state index in [9.17, 15) is 0 Å². The second-order valence-corrected chi connectivity index (χ2v) is 4.08. The number of hydrogen-bond acceptors (Lipinski definition) is 1. The highest BCUT2D eigenvalue weighted by molar-refractivity contribution is 5.60. The van der Waals surface area contributed by atoms with Gasteiger partial charge >= 0.3 is 0 Å². The average molecular weight is 191 g/mol. The van der Waals surface area contributed by atoms with Crippen LogP contribution in [0.25, 0.3) is 0 Å². The molecule has 0 aliphatic heterocycles. The molecule has 0 aliphatic rings. The van der Waals surface area contributed by atoms with E-state index in [1.165, 1.54) is 22.4 Å². The Hall–Kier alpha value is -0.980. The van der Waals surface area contributed by atoms with Crippen LogP contribution < -0.4 is 5.32 Å². The lowest BCUT2D eigenvalue weighted by atomic mass is 9.92. The molecule has 0 aromatic heterocycles.